The minimum Gasteiger partial charge on any atom is -0.396 e. The SMILES string of the molecule is Cc1nc(N[C@@H](c2c(F)cccc2F)C(F)(F)F)nc(N[C@@H]2C[C@H](CO)[C@@H](O)[C@H]2O)c1-c1nc2c(C)nccc2s1. The van der Waals surface area contributed by atoms with Gasteiger partial charge in [0.05, 0.1) is 39.4 Å². The molecular formula is C26H25F5N6O3S. The van der Waals surface area contributed by atoms with Crippen LogP contribution in [0.3, 0.4) is 0 Å². The number of benzene rings is 1. The van der Waals surface area contributed by atoms with Crippen molar-refractivity contribution < 1.29 is 37.3 Å². The van der Waals surface area contributed by atoms with Gasteiger partial charge in [0, 0.05) is 18.7 Å². The van der Waals surface area contributed by atoms with E-state index in [1.165, 1.54) is 18.3 Å². The summed E-state index contributed by atoms with van der Waals surface area (Å²) in [6.07, 6.45) is -5.98. The number of aliphatic hydroxyl groups excluding tert-OH is 3. The largest absolute Gasteiger partial charge is 0.413 e. The fraction of sp³-hybridized carbons (Fsp3) is 0.385. The number of aryl methyl sites for hydroxylation is 2. The first kappa shape index (κ1) is 29.0. The number of thiazole rings is 1. The highest BCUT2D eigenvalue weighted by Gasteiger charge is 2.45. The summed E-state index contributed by atoms with van der Waals surface area (Å²) in [7, 11) is 0. The molecule has 1 fully saturated rings. The zero-order chi connectivity index (χ0) is 29.6. The molecule has 15 heteroatoms. The molecule has 41 heavy (non-hydrogen) atoms. The Hall–Kier alpha value is -3.53. The summed E-state index contributed by atoms with van der Waals surface area (Å²) in [5.41, 5.74) is 0.497. The van der Waals surface area contributed by atoms with Crippen molar-refractivity contribution in [1.29, 1.82) is 0 Å². The van der Waals surface area contributed by atoms with Crippen molar-refractivity contribution in [3.8, 4) is 10.6 Å². The highest BCUT2D eigenvalue weighted by molar-refractivity contribution is 7.21. The molecule has 3 aromatic heterocycles. The lowest BCUT2D eigenvalue weighted by Gasteiger charge is -2.25. The van der Waals surface area contributed by atoms with Gasteiger partial charge >= 0.3 is 6.18 Å². The third kappa shape index (κ3) is 5.54. The second kappa shape index (κ2) is 11.0. The summed E-state index contributed by atoms with van der Waals surface area (Å²) >= 11 is 1.26. The highest BCUT2D eigenvalue weighted by atomic mass is 32.1. The molecule has 218 valence electrons. The Morgan fingerprint density at radius 3 is 2.34 bits per heavy atom. The number of nitrogens with zero attached hydrogens (tertiary/aromatic N) is 4. The van der Waals surface area contributed by atoms with E-state index in [1.807, 2.05) is 5.32 Å². The smallest absolute Gasteiger partial charge is 0.396 e. The maximum atomic E-state index is 14.4. The molecule has 5 N–H and O–H groups in total. The summed E-state index contributed by atoms with van der Waals surface area (Å²) in [5, 5.41) is 35.9. The van der Waals surface area contributed by atoms with Crippen molar-refractivity contribution in [2.24, 2.45) is 5.92 Å². The van der Waals surface area contributed by atoms with Gasteiger partial charge in [0.1, 0.15) is 34.1 Å². The van der Waals surface area contributed by atoms with Crippen molar-refractivity contribution in [3.63, 3.8) is 0 Å². The van der Waals surface area contributed by atoms with Crippen molar-refractivity contribution in [1.82, 2.24) is 19.9 Å². The second-order valence-electron chi connectivity index (χ2n) is 9.78. The van der Waals surface area contributed by atoms with Crippen LogP contribution in [0.1, 0.15) is 29.4 Å². The van der Waals surface area contributed by atoms with Crippen LogP contribution in [-0.4, -0.2) is 66.3 Å². The van der Waals surface area contributed by atoms with Crippen molar-refractivity contribution >= 4 is 33.3 Å². The van der Waals surface area contributed by atoms with E-state index in [1.54, 1.807) is 19.2 Å². The molecule has 4 aromatic rings. The van der Waals surface area contributed by atoms with Crippen LogP contribution in [0.25, 0.3) is 20.8 Å². The number of hydrogen-bond acceptors (Lipinski definition) is 10. The van der Waals surface area contributed by atoms with Crippen LogP contribution in [0.4, 0.5) is 33.7 Å². The Bertz CT molecular complexity index is 1570. The number of aliphatic hydroxyl groups is 3. The topological polar surface area (TPSA) is 136 Å². The minimum atomic E-state index is -5.13. The molecular weight excluding hydrogens is 571 g/mol. The lowest BCUT2D eigenvalue weighted by atomic mass is 10.1. The van der Waals surface area contributed by atoms with Crippen LogP contribution in [0.5, 0.6) is 0 Å². The van der Waals surface area contributed by atoms with Crippen LogP contribution in [-0.2, 0) is 0 Å². The number of alkyl halides is 3. The van der Waals surface area contributed by atoms with Gasteiger partial charge in [-0.2, -0.15) is 18.2 Å². The minimum absolute atomic E-state index is 0.0329. The molecule has 3 heterocycles. The molecule has 1 aromatic carbocycles. The molecule has 5 rings (SSSR count). The third-order valence-corrected chi connectivity index (χ3v) is 8.08. The molecule has 1 aliphatic rings. The molecule has 0 bridgehead atoms. The maximum Gasteiger partial charge on any atom is 0.413 e. The highest BCUT2D eigenvalue weighted by Crippen LogP contribution is 2.41. The molecule has 0 spiro atoms. The molecule has 9 nitrogen and oxygen atoms in total. The Kier molecular flexibility index (Phi) is 7.80. The van der Waals surface area contributed by atoms with Crippen LogP contribution in [0, 0.1) is 31.4 Å². The summed E-state index contributed by atoms with van der Waals surface area (Å²) < 4.78 is 71.9. The molecule has 0 radical (unpaired) electrons. The standard InChI is InChI=1S/C26H25F5N6O3S/c1-10-17(24-35-19-11(2)32-7-6-16(19)41-24)23(34-15-8-12(9-38)20(39)21(15)40)37-25(33-10)36-22(26(29,30)31)18-13(27)4-3-5-14(18)28/h3-7,12,15,20-22,38-40H,8-9H2,1-2H3,(H2,33,34,36,37)/t12-,15-,20-,21+,22+/m1/s1. The monoisotopic (exact) mass is 596 g/mol. The zero-order valence-corrected chi connectivity index (χ0v) is 22.4. The Labute approximate surface area is 234 Å². The molecule has 0 unspecified atom stereocenters. The molecule has 5 atom stereocenters. The van der Waals surface area contributed by atoms with Crippen LogP contribution in [0.2, 0.25) is 0 Å². The average Bonchev–Trinajstić information content (AvgIpc) is 3.44. The quantitative estimate of drug-likeness (QED) is 0.198. The average molecular weight is 597 g/mol. The lowest BCUT2D eigenvalue weighted by molar-refractivity contribution is -0.145. The fourth-order valence-electron chi connectivity index (χ4n) is 4.94. The van der Waals surface area contributed by atoms with E-state index in [-0.39, 0.29) is 17.9 Å². The van der Waals surface area contributed by atoms with E-state index in [4.69, 9.17) is 0 Å². The van der Waals surface area contributed by atoms with E-state index < -0.39 is 66.1 Å². The van der Waals surface area contributed by atoms with Gasteiger partial charge in [-0.05, 0) is 38.5 Å². The number of fused-ring (bicyclic) bond motifs is 1. The van der Waals surface area contributed by atoms with Crippen molar-refractivity contribution in [2.75, 3.05) is 17.2 Å². The predicted molar refractivity (Wildman–Crippen MR) is 141 cm³/mol. The number of hydrogen-bond donors (Lipinski definition) is 5. The number of pyridine rings is 1. The van der Waals surface area contributed by atoms with Crippen LogP contribution in [0.15, 0.2) is 30.5 Å². The number of anilines is 2. The summed E-state index contributed by atoms with van der Waals surface area (Å²) in [5.74, 6) is -4.08. The van der Waals surface area contributed by atoms with Gasteiger partial charge in [-0.3, -0.25) is 4.98 Å². The summed E-state index contributed by atoms with van der Waals surface area (Å²) in [4.78, 5) is 17.3. The number of rotatable bonds is 7. The number of halogens is 5. The predicted octanol–water partition coefficient (Wildman–Crippen LogP) is 4.27. The second-order valence-corrected chi connectivity index (χ2v) is 10.8. The van der Waals surface area contributed by atoms with Gasteiger partial charge in [0.2, 0.25) is 5.95 Å². The van der Waals surface area contributed by atoms with Crippen LogP contribution >= 0.6 is 11.3 Å². The summed E-state index contributed by atoms with van der Waals surface area (Å²) in [6, 6.07) is 0.474. The molecule has 0 saturated heterocycles. The first-order valence-electron chi connectivity index (χ1n) is 12.5. The van der Waals surface area contributed by atoms with E-state index in [0.29, 0.717) is 21.8 Å². The van der Waals surface area contributed by atoms with Gasteiger partial charge in [0.15, 0.2) is 6.04 Å². The molecule has 0 amide bonds. The third-order valence-electron chi connectivity index (χ3n) is 7.04. The number of nitrogens with one attached hydrogen (secondary N) is 2. The van der Waals surface area contributed by atoms with Gasteiger partial charge in [-0.15, -0.1) is 11.3 Å². The van der Waals surface area contributed by atoms with Gasteiger partial charge < -0.3 is 26.0 Å². The molecule has 1 saturated carbocycles. The lowest BCUT2D eigenvalue weighted by Crippen LogP contribution is -2.36. The van der Waals surface area contributed by atoms with Gasteiger partial charge in [0.25, 0.3) is 0 Å². The maximum absolute atomic E-state index is 14.4. The normalized spacial score (nSPS) is 21.8. The van der Waals surface area contributed by atoms with Crippen molar-refractivity contribution in [3.05, 3.63) is 59.0 Å². The summed E-state index contributed by atoms with van der Waals surface area (Å²) in [6.45, 7) is 2.88. The van der Waals surface area contributed by atoms with Crippen LogP contribution < -0.4 is 10.6 Å². The number of aromatic nitrogens is 4. The first-order valence-corrected chi connectivity index (χ1v) is 13.3. The Morgan fingerprint density at radius 1 is 1.02 bits per heavy atom. The first-order chi connectivity index (χ1) is 19.4. The zero-order valence-electron chi connectivity index (χ0n) is 21.6. The Morgan fingerprint density at radius 2 is 1.73 bits per heavy atom. The van der Waals surface area contributed by atoms with Gasteiger partial charge in [-0.1, -0.05) is 6.07 Å². The molecule has 0 aliphatic heterocycles. The van der Waals surface area contributed by atoms with Crippen molar-refractivity contribution in [2.45, 2.75) is 50.7 Å². The fourth-order valence-corrected chi connectivity index (χ4v) is 6.06. The van der Waals surface area contributed by atoms with Gasteiger partial charge in [-0.25, -0.2) is 18.7 Å². The van der Waals surface area contributed by atoms with E-state index in [9.17, 15) is 37.3 Å². The molecule has 1 aliphatic carbocycles. The van der Waals surface area contributed by atoms with E-state index >= 15 is 0 Å². The van der Waals surface area contributed by atoms with E-state index in [2.05, 4.69) is 25.3 Å². The van der Waals surface area contributed by atoms with E-state index in [0.717, 1.165) is 22.9 Å². The Balaban J connectivity index is 1.62.